The Labute approximate surface area is 106 Å². The predicted octanol–water partition coefficient (Wildman–Crippen LogP) is 2.00. The van der Waals surface area contributed by atoms with Gasteiger partial charge in [0.1, 0.15) is 0 Å². The van der Waals surface area contributed by atoms with Crippen molar-refractivity contribution >= 4 is 17.7 Å². The molecule has 0 saturated carbocycles. The fourth-order valence-corrected chi connectivity index (χ4v) is 1.57. The van der Waals surface area contributed by atoms with E-state index in [0.29, 0.717) is 0 Å². The van der Waals surface area contributed by atoms with Gasteiger partial charge in [-0.1, -0.05) is 12.1 Å². The van der Waals surface area contributed by atoms with Crippen LogP contribution in [0.3, 0.4) is 0 Å². The highest BCUT2D eigenvalue weighted by Gasteiger charge is 2.15. The summed E-state index contributed by atoms with van der Waals surface area (Å²) in [5, 5.41) is 11.3. The van der Waals surface area contributed by atoms with E-state index in [4.69, 9.17) is 5.11 Å². The second-order valence-corrected chi connectivity index (χ2v) is 4.35. The normalized spacial score (nSPS) is 11.7. The van der Waals surface area contributed by atoms with Gasteiger partial charge >= 0.3 is 12.0 Å². The van der Waals surface area contributed by atoms with Gasteiger partial charge in [0.15, 0.2) is 0 Å². The second kappa shape index (κ2) is 6.05. The fourth-order valence-electron chi connectivity index (χ4n) is 1.57. The van der Waals surface area contributed by atoms with Gasteiger partial charge in [-0.15, -0.1) is 0 Å². The smallest absolute Gasteiger partial charge is 0.321 e. The molecule has 2 N–H and O–H groups in total. The maximum atomic E-state index is 11.9. The molecule has 1 atom stereocenters. The SMILES string of the molecule is Cc1cccc(N(C)C(=O)NC(C)CC(=O)O)c1. The molecule has 98 valence electrons. The van der Waals surface area contributed by atoms with Crippen LogP contribution in [0.25, 0.3) is 0 Å². The summed E-state index contributed by atoms with van der Waals surface area (Å²) in [6, 6.07) is 6.82. The highest BCUT2D eigenvalue weighted by Crippen LogP contribution is 2.14. The first-order valence-corrected chi connectivity index (χ1v) is 5.73. The van der Waals surface area contributed by atoms with E-state index in [9.17, 15) is 9.59 Å². The van der Waals surface area contributed by atoms with E-state index < -0.39 is 12.0 Å². The summed E-state index contributed by atoms with van der Waals surface area (Å²) in [6.45, 7) is 3.61. The van der Waals surface area contributed by atoms with Crippen LogP contribution in [0.15, 0.2) is 24.3 Å². The van der Waals surface area contributed by atoms with Gasteiger partial charge < -0.3 is 10.4 Å². The Kier molecular flexibility index (Phi) is 4.71. The maximum Gasteiger partial charge on any atom is 0.321 e. The molecule has 0 fully saturated rings. The lowest BCUT2D eigenvalue weighted by molar-refractivity contribution is -0.137. The number of amides is 2. The lowest BCUT2D eigenvalue weighted by Crippen LogP contribution is -2.42. The molecule has 0 aliphatic heterocycles. The third-order valence-electron chi connectivity index (χ3n) is 2.54. The van der Waals surface area contributed by atoms with E-state index in [0.717, 1.165) is 11.3 Å². The predicted molar refractivity (Wildman–Crippen MR) is 69.8 cm³/mol. The molecule has 18 heavy (non-hydrogen) atoms. The molecule has 5 nitrogen and oxygen atoms in total. The number of rotatable bonds is 4. The van der Waals surface area contributed by atoms with E-state index in [1.54, 1.807) is 14.0 Å². The molecular formula is C13H18N2O3. The molecule has 0 bridgehead atoms. The van der Waals surface area contributed by atoms with Crippen molar-refractivity contribution in [2.24, 2.45) is 0 Å². The van der Waals surface area contributed by atoms with Crippen molar-refractivity contribution in [3.05, 3.63) is 29.8 Å². The van der Waals surface area contributed by atoms with E-state index in [2.05, 4.69) is 5.32 Å². The van der Waals surface area contributed by atoms with Gasteiger partial charge in [-0.3, -0.25) is 9.69 Å². The highest BCUT2D eigenvalue weighted by atomic mass is 16.4. The summed E-state index contributed by atoms with van der Waals surface area (Å²) in [5.41, 5.74) is 1.83. The van der Waals surface area contributed by atoms with Crippen molar-refractivity contribution in [1.29, 1.82) is 0 Å². The first-order valence-electron chi connectivity index (χ1n) is 5.73. The zero-order valence-corrected chi connectivity index (χ0v) is 10.8. The minimum atomic E-state index is -0.930. The van der Waals surface area contributed by atoms with Crippen molar-refractivity contribution in [2.45, 2.75) is 26.3 Å². The molecule has 1 rings (SSSR count). The molecule has 0 spiro atoms. The second-order valence-electron chi connectivity index (χ2n) is 4.35. The summed E-state index contributed by atoms with van der Waals surface area (Å²) in [7, 11) is 1.65. The zero-order chi connectivity index (χ0) is 13.7. The lowest BCUT2D eigenvalue weighted by Gasteiger charge is -2.21. The van der Waals surface area contributed by atoms with Crippen LogP contribution >= 0.6 is 0 Å². The van der Waals surface area contributed by atoms with Crippen molar-refractivity contribution in [1.82, 2.24) is 5.32 Å². The molecule has 0 saturated heterocycles. The van der Waals surface area contributed by atoms with Crippen LogP contribution in [0.2, 0.25) is 0 Å². The highest BCUT2D eigenvalue weighted by molar-refractivity contribution is 5.91. The van der Waals surface area contributed by atoms with Crippen molar-refractivity contribution in [2.75, 3.05) is 11.9 Å². The van der Waals surface area contributed by atoms with Crippen LogP contribution < -0.4 is 10.2 Å². The molecule has 1 unspecified atom stereocenters. The Balaban J connectivity index is 2.64. The average Bonchev–Trinajstić information content (AvgIpc) is 2.26. The number of aliphatic carboxylic acids is 1. The van der Waals surface area contributed by atoms with Crippen molar-refractivity contribution < 1.29 is 14.7 Å². The topological polar surface area (TPSA) is 69.6 Å². The number of carboxylic acids is 1. The van der Waals surface area contributed by atoms with Gasteiger partial charge in [-0.25, -0.2) is 4.79 Å². The van der Waals surface area contributed by atoms with E-state index >= 15 is 0 Å². The third kappa shape index (κ3) is 4.08. The lowest BCUT2D eigenvalue weighted by atomic mass is 10.2. The van der Waals surface area contributed by atoms with E-state index in [1.165, 1.54) is 4.90 Å². The number of anilines is 1. The van der Waals surface area contributed by atoms with E-state index in [1.807, 2.05) is 31.2 Å². The Morgan fingerprint density at radius 2 is 2.11 bits per heavy atom. The van der Waals surface area contributed by atoms with Crippen LogP contribution in [-0.2, 0) is 4.79 Å². The molecule has 0 radical (unpaired) electrons. The summed E-state index contributed by atoms with van der Waals surface area (Å²) in [6.07, 6.45) is -0.0899. The van der Waals surface area contributed by atoms with Gasteiger partial charge in [-0.2, -0.15) is 0 Å². The van der Waals surface area contributed by atoms with E-state index in [-0.39, 0.29) is 12.5 Å². The minimum absolute atomic E-state index is 0.0899. The van der Waals surface area contributed by atoms with Crippen LogP contribution in [0.4, 0.5) is 10.5 Å². The van der Waals surface area contributed by atoms with Gasteiger partial charge in [0.25, 0.3) is 0 Å². The quantitative estimate of drug-likeness (QED) is 0.858. The van der Waals surface area contributed by atoms with Gasteiger partial charge in [0.2, 0.25) is 0 Å². The molecule has 0 aliphatic carbocycles. The number of benzene rings is 1. The maximum absolute atomic E-state index is 11.9. The largest absolute Gasteiger partial charge is 0.481 e. The number of carbonyl (C=O) groups excluding carboxylic acids is 1. The number of nitrogens with zero attached hydrogens (tertiary/aromatic N) is 1. The molecule has 0 aromatic heterocycles. The van der Waals surface area contributed by atoms with Crippen LogP contribution in [0, 0.1) is 6.92 Å². The molecule has 1 aromatic carbocycles. The standard InChI is InChI=1S/C13H18N2O3/c1-9-5-4-6-11(7-9)15(3)13(18)14-10(2)8-12(16)17/h4-7,10H,8H2,1-3H3,(H,14,18)(H,16,17). The van der Waals surface area contributed by atoms with Crippen molar-refractivity contribution in [3.8, 4) is 0 Å². The van der Waals surface area contributed by atoms with Gasteiger partial charge in [0.05, 0.1) is 6.42 Å². The number of nitrogens with one attached hydrogen (secondary N) is 1. The Hall–Kier alpha value is -2.04. The minimum Gasteiger partial charge on any atom is -0.481 e. The number of urea groups is 1. The molecule has 0 aliphatic rings. The Bertz CT molecular complexity index is 446. The summed E-state index contributed by atoms with van der Waals surface area (Å²) >= 11 is 0. The third-order valence-corrected chi connectivity index (χ3v) is 2.54. The Morgan fingerprint density at radius 1 is 1.44 bits per heavy atom. The van der Waals surface area contributed by atoms with Crippen molar-refractivity contribution in [3.63, 3.8) is 0 Å². The van der Waals surface area contributed by atoms with Gasteiger partial charge in [-0.05, 0) is 31.5 Å². The number of carbonyl (C=O) groups is 2. The number of hydrogen-bond acceptors (Lipinski definition) is 2. The monoisotopic (exact) mass is 250 g/mol. The summed E-state index contributed by atoms with van der Waals surface area (Å²) < 4.78 is 0. The fraction of sp³-hybridized carbons (Fsp3) is 0.385. The van der Waals surface area contributed by atoms with Crippen LogP contribution in [0.1, 0.15) is 18.9 Å². The molecule has 5 heteroatoms. The first-order chi connectivity index (χ1) is 8.40. The first kappa shape index (κ1) is 14.0. The van der Waals surface area contributed by atoms with Crippen LogP contribution in [-0.4, -0.2) is 30.2 Å². The zero-order valence-electron chi connectivity index (χ0n) is 10.8. The molecular weight excluding hydrogens is 232 g/mol. The molecule has 0 heterocycles. The van der Waals surface area contributed by atoms with Crippen LogP contribution in [0.5, 0.6) is 0 Å². The number of aryl methyl sites for hydroxylation is 1. The average molecular weight is 250 g/mol. The Morgan fingerprint density at radius 3 is 2.67 bits per heavy atom. The molecule has 1 aromatic rings. The summed E-state index contributed by atoms with van der Waals surface area (Å²) in [5.74, 6) is -0.930. The number of carboxylic acid groups (broad SMARTS) is 1. The number of hydrogen-bond donors (Lipinski definition) is 2. The van der Waals surface area contributed by atoms with Gasteiger partial charge in [0, 0.05) is 18.8 Å². The summed E-state index contributed by atoms with van der Waals surface area (Å²) in [4.78, 5) is 23.8. The molecule has 2 amide bonds.